The van der Waals surface area contributed by atoms with Crippen LogP contribution in [0.5, 0.6) is 0 Å². The summed E-state index contributed by atoms with van der Waals surface area (Å²) in [5.74, 6) is 1.79. The van der Waals surface area contributed by atoms with Gasteiger partial charge in [0.1, 0.15) is 5.82 Å². The van der Waals surface area contributed by atoms with Crippen molar-refractivity contribution in [3.63, 3.8) is 0 Å². The number of hydrogen-bond donors (Lipinski definition) is 1. The number of aryl methyl sites for hydroxylation is 1. The fourth-order valence-corrected chi connectivity index (χ4v) is 2.44. The maximum Gasteiger partial charge on any atom is 0.161 e. The largest absolute Gasteiger partial charge is 0.379 e. The van der Waals surface area contributed by atoms with E-state index in [9.17, 15) is 0 Å². The highest BCUT2D eigenvalue weighted by Crippen LogP contribution is 2.22. The van der Waals surface area contributed by atoms with Crippen LogP contribution in [0.2, 0.25) is 0 Å². The van der Waals surface area contributed by atoms with Crippen LogP contribution in [0.4, 0.5) is 5.69 Å². The number of nitrogens with one attached hydrogen (secondary N) is 1. The molecule has 2 heterocycles. The second-order valence-electron chi connectivity index (χ2n) is 5.93. The first kappa shape index (κ1) is 15.5. The highest BCUT2D eigenvalue weighted by molar-refractivity contribution is 5.57. The van der Waals surface area contributed by atoms with E-state index < -0.39 is 0 Å². The minimum atomic E-state index is -0.153. The van der Waals surface area contributed by atoms with Crippen molar-refractivity contribution < 1.29 is 4.74 Å². The van der Waals surface area contributed by atoms with Gasteiger partial charge in [0.25, 0.3) is 0 Å². The molecule has 0 aromatic carbocycles. The first-order valence-electron chi connectivity index (χ1n) is 7.20. The second kappa shape index (κ2) is 6.26. The third kappa shape index (κ3) is 3.82. The molecule has 0 spiro atoms. The van der Waals surface area contributed by atoms with Gasteiger partial charge in [0.2, 0.25) is 0 Å². The smallest absolute Gasteiger partial charge is 0.161 e. The number of methoxy groups -OCH3 is 1. The second-order valence-corrected chi connectivity index (χ2v) is 5.93. The van der Waals surface area contributed by atoms with Crippen molar-refractivity contribution in [1.82, 2.24) is 14.5 Å². The van der Waals surface area contributed by atoms with Gasteiger partial charge >= 0.3 is 0 Å². The van der Waals surface area contributed by atoms with Crippen molar-refractivity contribution in [3.05, 3.63) is 36.5 Å². The van der Waals surface area contributed by atoms with Crippen molar-refractivity contribution in [1.29, 1.82) is 0 Å². The third-order valence-electron chi connectivity index (χ3n) is 3.59. The lowest BCUT2D eigenvalue weighted by Gasteiger charge is -2.28. The summed E-state index contributed by atoms with van der Waals surface area (Å²) in [7, 11) is 1.75. The van der Waals surface area contributed by atoms with Gasteiger partial charge in [-0.05, 0) is 46.2 Å². The van der Waals surface area contributed by atoms with E-state index >= 15 is 0 Å². The van der Waals surface area contributed by atoms with Gasteiger partial charge in [-0.3, -0.25) is 4.57 Å². The highest BCUT2D eigenvalue weighted by Gasteiger charge is 2.21. The van der Waals surface area contributed by atoms with Gasteiger partial charge in [0.05, 0.1) is 11.3 Å². The van der Waals surface area contributed by atoms with E-state index in [1.807, 2.05) is 29.8 Å². The van der Waals surface area contributed by atoms with Gasteiger partial charge in [-0.15, -0.1) is 0 Å². The zero-order valence-electron chi connectivity index (χ0n) is 13.4. The van der Waals surface area contributed by atoms with Crippen molar-refractivity contribution in [2.45, 2.75) is 45.8 Å². The lowest BCUT2D eigenvalue weighted by molar-refractivity contribution is 0.0128. The molecule has 0 aliphatic carbocycles. The molecule has 0 fully saturated rings. The molecule has 2 rings (SSSR count). The minimum absolute atomic E-state index is 0.153. The normalized spacial score (nSPS) is 13.2. The van der Waals surface area contributed by atoms with E-state index in [1.165, 1.54) is 0 Å². The average molecular weight is 288 g/mol. The number of rotatable bonds is 6. The van der Waals surface area contributed by atoms with Gasteiger partial charge in [-0.25, -0.2) is 9.97 Å². The standard InChI is InChI=1S/C16H24N4O/c1-12(11-16(3,4)21-5)19-14-7-6-8-18-15(14)20-10-9-17-13(20)2/h6-10,12,19H,11H2,1-5H3. The maximum atomic E-state index is 5.50. The molecule has 0 saturated carbocycles. The lowest BCUT2D eigenvalue weighted by atomic mass is 10.00. The number of nitrogens with zero attached hydrogens (tertiary/aromatic N) is 3. The number of pyridine rings is 1. The summed E-state index contributed by atoms with van der Waals surface area (Å²) < 4.78 is 7.48. The molecule has 0 aliphatic heterocycles. The Kier molecular flexibility index (Phi) is 4.63. The Morgan fingerprint density at radius 1 is 1.33 bits per heavy atom. The number of aromatic nitrogens is 3. The summed E-state index contributed by atoms with van der Waals surface area (Å²) in [4.78, 5) is 8.74. The minimum Gasteiger partial charge on any atom is -0.379 e. The first-order chi connectivity index (χ1) is 9.93. The molecular formula is C16H24N4O. The van der Waals surface area contributed by atoms with E-state index in [2.05, 4.69) is 36.1 Å². The zero-order valence-corrected chi connectivity index (χ0v) is 13.4. The van der Waals surface area contributed by atoms with Crippen molar-refractivity contribution in [2.24, 2.45) is 0 Å². The summed E-state index contributed by atoms with van der Waals surface area (Å²) in [5.41, 5.74) is 0.845. The van der Waals surface area contributed by atoms with E-state index in [4.69, 9.17) is 4.74 Å². The van der Waals surface area contributed by atoms with Crippen LogP contribution in [0.15, 0.2) is 30.7 Å². The average Bonchev–Trinajstić information content (AvgIpc) is 2.85. The van der Waals surface area contributed by atoms with Crippen LogP contribution >= 0.6 is 0 Å². The number of hydrogen-bond acceptors (Lipinski definition) is 4. The van der Waals surface area contributed by atoms with Gasteiger partial charge in [-0.1, -0.05) is 0 Å². The zero-order chi connectivity index (χ0) is 15.5. The molecule has 1 N–H and O–H groups in total. The molecule has 0 radical (unpaired) electrons. The molecular weight excluding hydrogens is 264 g/mol. The van der Waals surface area contributed by atoms with Gasteiger partial charge < -0.3 is 10.1 Å². The monoisotopic (exact) mass is 288 g/mol. The number of anilines is 1. The summed E-state index contributed by atoms with van der Waals surface area (Å²) in [5, 5.41) is 3.53. The molecule has 21 heavy (non-hydrogen) atoms. The fourth-order valence-electron chi connectivity index (χ4n) is 2.44. The number of imidazole rings is 1. The SMILES string of the molecule is COC(C)(C)CC(C)Nc1cccnc1-n1ccnc1C. The Morgan fingerprint density at radius 3 is 2.71 bits per heavy atom. The third-order valence-corrected chi connectivity index (χ3v) is 3.59. The summed E-state index contributed by atoms with van der Waals surface area (Å²) >= 11 is 0. The molecule has 114 valence electrons. The Balaban J connectivity index is 2.20. The lowest BCUT2D eigenvalue weighted by Crippen LogP contribution is -2.31. The molecule has 1 unspecified atom stereocenters. The molecule has 0 aliphatic rings. The highest BCUT2D eigenvalue weighted by atomic mass is 16.5. The van der Waals surface area contributed by atoms with E-state index in [0.717, 1.165) is 23.8 Å². The quantitative estimate of drug-likeness (QED) is 0.887. The Hall–Kier alpha value is -1.88. The molecule has 2 aromatic heterocycles. The van der Waals surface area contributed by atoms with Crippen molar-refractivity contribution in [2.75, 3.05) is 12.4 Å². The number of ether oxygens (including phenoxy) is 1. The van der Waals surface area contributed by atoms with Crippen LogP contribution in [0.25, 0.3) is 5.82 Å². The fraction of sp³-hybridized carbons (Fsp3) is 0.500. The van der Waals surface area contributed by atoms with Crippen LogP contribution in [0.1, 0.15) is 33.0 Å². The molecule has 5 heteroatoms. The van der Waals surface area contributed by atoms with E-state index in [1.54, 1.807) is 19.5 Å². The molecule has 2 aromatic rings. The van der Waals surface area contributed by atoms with E-state index in [0.29, 0.717) is 0 Å². The predicted molar refractivity (Wildman–Crippen MR) is 84.9 cm³/mol. The molecule has 0 bridgehead atoms. The van der Waals surface area contributed by atoms with Crippen LogP contribution in [0, 0.1) is 6.92 Å². The molecule has 0 saturated heterocycles. The van der Waals surface area contributed by atoms with Crippen molar-refractivity contribution >= 4 is 5.69 Å². The van der Waals surface area contributed by atoms with Crippen LogP contribution in [-0.2, 0) is 4.74 Å². The first-order valence-corrected chi connectivity index (χ1v) is 7.20. The summed E-state index contributed by atoms with van der Waals surface area (Å²) in [6.07, 6.45) is 6.41. The maximum absolute atomic E-state index is 5.50. The Bertz CT molecular complexity index is 591. The van der Waals surface area contributed by atoms with Crippen LogP contribution in [0.3, 0.4) is 0 Å². The van der Waals surface area contributed by atoms with Gasteiger partial charge in [0, 0.05) is 31.7 Å². The Morgan fingerprint density at radius 2 is 2.10 bits per heavy atom. The molecule has 1 atom stereocenters. The topological polar surface area (TPSA) is 52.0 Å². The van der Waals surface area contributed by atoms with Gasteiger partial charge in [0.15, 0.2) is 5.82 Å². The molecule has 0 amide bonds. The summed E-state index contributed by atoms with van der Waals surface area (Å²) in [6.45, 7) is 8.30. The summed E-state index contributed by atoms with van der Waals surface area (Å²) in [6, 6.07) is 4.25. The van der Waals surface area contributed by atoms with Crippen LogP contribution in [-0.4, -0.2) is 33.3 Å². The van der Waals surface area contributed by atoms with Crippen LogP contribution < -0.4 is 5.32 Å². The van der Waals surface area contributed by atoms with Crippen molar-refractivity contribution in [3.8, 4) is 5.82 Å². The Labute approximate surface area is 126 Å². The predicted octanol–water partition coefficient (Wildman–Crippen LogP) is 3.19. The van der Waals surface area contributed by atoms with E-state index in [-0.39, 0.29) is 11.6 Å². The van der Waals surface area contributed by atoms with Gasteiger partial charge in [-0.2, -0.15) is 0 Å². The molecule has 5 nitrogen and oxygen atoms in total.